The molecule has 88 valence electrons. The molecule has 1 atom stereocenters. The fourth-order valence-corrected chi connectivity index (χ4v) is 1.46. The van der Waals surface area contributed by atoms with Crippen LogP contribution in [0, 0.1) is 0 Å². The SMILES string of the molecule is CNC(C)c1ccccc1NC(=O)COC. The van der Waals surface area contributed by atoms with Gasteiger partial charge in [-0.1, -0.05) is 18.2 Å². The molecule has 1 rings (SSSR count). The molecule has 4 heteroatoms. The maximum Gasteiger partial charge on any atom is 0.250 e. The molecule has 0 radical (unpaired) electrons. The number of para-hydroxylation sites is 1. The Kier molecular flexibility index (Phi) is 4.95. The van der Waals surface area contributed by atoms with Gasteiger partial charge in [-0.05, 0) is 25.6 Å². The van der Waals surface area contributed by atoms with Crippen LogP contribution >= 0.6 is 0 Å². The van der Waals surface area contributed by atoms with Gasteiger partial charge in [-0.25, -0.2) is 0 Å². The van der Waals surface area contributed by atoms with Crippen LogP contribution in [0.4, 0.5) is 5.69 Å². The molecule has 0 saturated heterocycles. The van der Waals surface area contributed by atoms with E-state index < -0.39 is 0 Å². The number of carbonyl (C=O) groups is 1. The van der Waals surface area contributed by atoms with Crippen LogP contribution in [0.1, 0.15) is 18.5 Å². The Hall–Kier alpha value is -1.39. The van der Waals surface area contributed by atoms with Crippen molar-refractivity contribution >= 4 is 11.6 Å². The second kappa shape index (κ2) is 6.25. The van der Waals surface area contributed by atoms with E-state index >= 15 is 0 Å². The van der Waals surface area contributed by atoms with Gasteiger partial charge < -0.3 is 15.4 Å². The summed E-state index contributed by atoms with van der Waals surface area (Å²) in [7, 11) is 3.39. The molecule has 4 nitrogen and oxygen atoms in total. The topological polar surface area (TPSA) is 50.4 Å². The molecule has 1 aromatic rings. The molecule has 2 N–H and O–H groups in total. The lowest BCUT2D eigenvalue weighted by atomic mass is 10.1. The van der Waals surface area contributed by atoms with Gasteiger partial charge in [0, 0.05) is 18.8 Å². The van der Waals surface area contributed by atoms with Crippen molar-refractivity contribution in [2.24, 2.45) is 0 Å². The molecule has 0 bridgehead atoms. The van der Waals surface area contributed by atoms with E-state index in [9.17, 15) is 4.79 Å². The lowest BCUT2D eigenvalue weighted by Crippen LogP contribution is -2.20. The highest BCUT2D eigenvalue weighted by molar-refractivity contribution is 5.92. The third-order valence-electron chi connectivity index (χ3n) is 2.41. The molecule has 0 heterocycles. The van der Waals surface area contributed by atoms with Gasteiger partial charge in [0.05, 0.1) is 0 Å². The van der Waals surface area contributed by atoms with Crippen molar-refractivity contribution in [3.63, 3.8) is 0 Å². The van der Waals surface area contributed by atoms with E-state index in [0.717, 1.165) is 11.3 Å². The van der Waals surface area contributed by atoms with Crippen molar-refractivity contribution in [3.05, 3.63) is 29.8 Å². The van der Waals surface area contributed by atoms with Gasteiger partial charge in [0.15, 0.2) is 0 Å². The largest absolute Gasteiger partial charge is 0.375 e. The first-order valence-corrected chi connectivity index (χ1v) is 5.24. The van der Waals surface area contributed by atoms with Gasteiger partial charge in [-0.15, -0.1) is 0 Å². The summed E-state index contributed by atoms with van der Waals surface area (Å²) in [6.45, 7) is 2.11. The minimum Gasteiger partial charge on any atom is -0.375 e. The van der Waals surface area contributed by atoms with Gasteiger partial charge in [0.2, 0.25) is 5.91 Å². The highest BCUT2D eigenvalue weighted by Crippen LogP contribution is 2.21. The molecular formula is C12H18N2O2. The number of carbonyl (C=O) groups excluding carboxylic acids is 1. The van der Waals surface area contributed by atoms with Crippen LogP contribution in [-0.4, -0.2) is 26.7 Å². The summed E-state index contributed by atoms with van der Waals surface area (Å²) < 4.78 is 4.77. The first kappa shape index (κ1) is 12.7. The molecule has 0 aromatic heterocycles. The number of hydrogen-bond donors (Lipinski definition) is 2. The number of ether oxygens (including phenoxy) is 1. The molecule has 0 aliphatic rings. The van der Waals surface area contributed by atoms with Crippen LogP contribution in [-0.2, 0) is 9.53 Å². The van der Waals surface area contributed by atoms with Crippen molar-refractivity contribution in [1.29, 1.82) is 0 Å². The first-order valence-electron chi connectivity index (χ1n) is 5.24. The molecule has 0 fully saturated rings. The molecule has 1 amide bonds. The number of benzene rings is 1. The van der Waals surface area contributed by atoms with Crippen LogP contribution in [0.2, 0.25) is 0 Å². The number of nitrogens with one attached hydrogen (secondary N) is 2. The molecule has 0 spiro atoms. The van der Waals surface area contributed by atoms with Crippen LogP contribution in [0.15, 0.2) is 24.3 Å². The summed E-state index contributed by atoms with van der Waals surface area (Å²) in [5, 5.41) is 5.97. The van der Waals surface area contributed by atoms with E-state index in [1.165, 1.54) is 7.11 Å². The van der Waals surface area contributed by atoms with Crippen molar-refractivity contribution < 1.29 is 9.53 Å². The normalized spacial score (nSPS) is 12.2. The average Bonchev–Trinajstić information content (AvgIpc) is 2.29. The van der Waals surface area contributed by atoms with E-state index in [1.54, 1.807) is 0 Å². The van der Waals surface area contributed by atoms with Crippen LogP contribution in [0.5, 0.6) is 0 Å². The van der Waals surface area contributed by atoms with Crippen molar-refractivity contribution in [2.45, 2.75) is 13.0 Å². The Labute approximate surface area is 96.0 Å². The summed E-state index contributed by atoms with van der Waals surface area (Å²) in [5.74, 6) is -0.141. The quantitative estimate of drug-likeness (QED) is 0.794. The van der Waals surface area contributed by atoms with Gasteiger partial charge in [-0.3, -0.25) is 4.79 Å². The summed E-state index contributed by atoms with van der Waals surface area (Å²) in [6.07, 6.45) is 0. The first-order chi connectivity index (χ1) is 7.69. The zero-order chi connectivity index (χ0) is 12.0. The summed E-state index contributed by atoms with van der Waals surface area (Å²) in [4.78, 5) is 11.4. The minimum absolute atomic E-state index is 0.0717. The highest BCUT2D eigenvalue weighted by atomic mass is 16.5. The molecule has 0 aliphatic carbocycles. The maximum atomic E-state index is 11.4. The van der Waals surface area contributed by atoms with E-state index in [2.05, 4.69) is 10.6 Å². The monoisotopic (exact) mass is 222 g/mol. The number of anilines is 1. The maximum absolute atomic E-state index is 11.4. The van der Waals surface area contributed by atoms with Gasteiger partial charge >= 0.3 is 0 Å². The standard InChI is InChI=1S/C12H18N2O2/c1-9(13-2)10-6-4-5-7-11(10)14-12(15)8-16-3/h4-7,9,13H,8H2,1-3H3,(H,14,15). The zero-order valence-corrected chi connectivity index (χ0v) is 9.91. The average molecular weight is 222 g/mol. The van der Waals surface area contributed by atoms with Crippen molar-refractivity contribution in [3.8, 4) is 0 Å². The molecule has 0 saturated carbocycles. The molecular weight excluding hydrogens is 204 g/mol. The summed E-state index contributed by atoms with van der Waals surface area (Å²) in [6, 6.07) is 7.92. The van der Waals surface area contributed by atoms with Gasteiger partial charge in [-0.2, -0.15) is 0 Å². The van der Waals surface area contributed by atoms with E-state index in [-0.39, 0.29) is 18.6 Å². The Morgan fingerprint density at radius 3 is 2.75 bits per heavy atom. The third kappa shape index (κ3) is 3.32. The Balaban J connectivity index is 2.82. The van der Waals surface area contributed by atoms with Crippen molar-refractivity contribution in [2.75, 3.05) is 26.1 Å². The number of rotatable bonds is 5. The third-order valence-corrected chi connectivity index (χ3v) is 2.41. The Morgan fingerprint density at radius 2 is 2.12 bits per heavy atom. The fourth-order valence-electron chi connectivity index (χ4n) is 1.46. The van der Waals surface area contributed by atoms with Gasteiger partial charge in [0.1, 0.15) is 6.61 Å². The summed E-state index contributed by atoms with van der Waals surface area (Å²) in [5.41, 5.74) is 1.89. The van der Waals surface area contributed by atoms with E-state index in [0.29, 0.717) is 0 Å². The Bertz CT molecular complexity index is 353. The van der Waals surface area contributed by atoms with Crippen molar-refractivity contribution in [1.82, 2.24) is 5.32 Å². The van der Waals surface area contributed by atoms with E-state index in [1.807, 2.05) is 38.2 Å². The number of amides is 1. The van der Waals surface area contributed by atoms with Crippen LogP contribution < -0.4 is 10.6 Å². The molecule has 1 unspecified atom stereocenters. The second-order valence-electron chi connectivity index (χ2n) is 3.58. The highest BCUT2D eigenvalue weighted by Gasteiger charge is 2.10. The van der Waals surface area contributed by atoms with E-state index in [4.69, 9.17) is 4.74 Å². The zero-order valence-electron chi connectivity index (χ0n) is 9.91. The fraction of sp³-hybridized carbons (Fsp3) is 0.417. The van der Waals surface area contributed by atoms with Crippen LogP contribution in [0.3, 0.4) is 0 Å². The predicted octanol–water partition coefficient (Wildman–Crippen LogP) is 1.55. The number of hydrogen-bond acceptors (Lipinski definition) is 3. The lowest BCUT2D eigenvalue weighted by molar-refractivity contribution is -0.119. The van der Waals surface area contributed by atoms with Gasteiger partial charge in [0.25, 0.3) is 0 Å². The summed E-state index contributed by atoms with van der Waals surface area (Å²) >= 11 is 0. The molecule has 0 aliphatic heterocycles. The predicted molar refractivity (Wildman–Crippen MR) is 64.4 cm³/mol. The lowest BCUT2D eigenvalue weighted by Gasteiger charge is -2.16. The smallest absolute Gasteiger partial charge is 0.250 e. The minimum atomic E-state index is -0.141. The molecule has 16 heavy (non-hydrogen) atoms. The second-order valence-corrected chi connectivity index (χ2v) is 3.58. The molecule has 1 aromatic carbocycles. The van der Waals surface area contributed by atoms with Crippen LogP contribution in [0.25, 0.3) is 0 Å². The Morgan fingerprint density at radius 1 is 1.44 bits per heavy atom. The number of methoxy groups -OCH3 is 1.